The van der Waals surface area contributed by atoms with Gasteiger partial charge < -0.3 is 15.4 Å². The maximum atomic E-state index is 12.1. The van der Waals surface area contributed by atoms with E-state index in [1.165, 1.54) is 0 Å². The summed E-state index contributed by atoms with van der Waals surface area (Å²) in [5.74, 6) is 0.184. The number of carbonyl (C=O) groups excluding carboxylic acids is 1. The van der Waals surface area contributed by atoms with Crippen molar-refractivity contribution in [2.45, 2.75) is 32.8 Å². The maximum Gasteiger partial charge on any atom is 0.254 e. The van der Waals surface area contributed by atoms with E-state index >= 15 is 0 Å². The zero-order valence-electron chi connectivity index (χ0n) is 13.5. The van der Waals surface area contributed by atoms with Crippen molar-refractivity contribution in [1.82, 2.24) is 15.3 Å². The topological polar surface area (TPSA) is 95.1 Å². The fourth-order valence-electron chi connectivity index (χ4n) is 2.35. The van der Waals surface area contributed by atoms with Crippen LogP contribution >= 0.6 is 0 Å². The predicted octanol–water partition coefficient (Wildman–Crippen LogP) is 0.953. The number of carbonyl (C=O) groups is 1. The number of rotatable bonds is 5. The second-order valence-electron chi connectivity index (χ2n) is 5.81. The Kier molecular flexibility index (Phi) is 4.95. The van der Waals surface area contributed by atoms with Gasteiger partial charge in [0.25, 0.3) is 5.56 Å². The van der Waals surface area contributed by atoms with Crippen molar-refractivity contribution >= 4 is 5.91 Å². The summed E-state index contributed by atoms with van der Waals surface area (Å²) in [6, 6.07) is 9.10. The Morgan fingerprint density at radius 2 is 1.96 bits per heavy atom. The first kappa shape index (κ1) is 16.9. The van der Waals surface area contributed by atoms with E-state index in [0.29, 0.717) is 22.6 Å². The Morgan fingerprint density at radius 3 is 2.57 bits per heavy atom. The largest absolute Gasteiger partial charge is 0.384 e. The average molecular weight is 315 g/mol. The lowest BCUT2D eigenvalue weighted by Crippen LogP contribution is -2.40. The minimum atomic E-state index is -1.18. The molecule has 2 aromatic rings. The van der Waals surface area contributed by atoms with Gasteiger partial charge in [-0.25, -0.2) is 4.98 Å². The molecule has 6 nitrogen and oxygen atoms in total. The average Bonchev–Trinajstić information content (AvgIpc) is 2.50. The molecule has 23 heavy (non-hydrogen) atoms. The molecular weight excluding hydrogens is 294 g/mol. The fourth-order valence-corrected chi connectivity index (χ4v) is 2.35. The van der Waals surface area contributed by atoms with Crippen molar-refractivity contribution in [3.8, 4) is 0 Å². The third-order valence-corrected chi connectivity index (χ3v) is 3.70. The van der Waals surface area contributed by atoms with E-state index in [1.807, 2.05) is 18.2 Å². The number of amides is 1. The molecule has 0 spiro atoms. The van der Waals surface area contributed by atoms with Crippen molar-refractivity contribution in [3.63, 3.8) is 0 Å². The highest BCUT2D eigenvalue weighted by molar-refractivity contribution is 5.78. The summed E-state index contributed by atoms with van der Waals surface area (Å²) in [4.78, 5) is 30.7. The van der Waals surface area contributed by atoms with E-state index in [0.717, 1.165) is 0 Å². The molecule has 1 atom stereocenters. The van der Waals surface area contributed by atoms with Gasteiger partial charge in [0.1, 0.15) is 11.4 Å². The van der Waals surface area contributed by atoms with Crippen LogP contribution in [0.1, 0.15) is 29.6 Å². The first-order valence-electron chi connectivity index (χ1n) is 7.40. The summed E-state index contributed by atoms with van der Waals surface area (Å²) in [6.07, 6.45) is -0.0701. The summed E-state index contributed by atoms with van der Waals surface area (Å²) in [5, 5.41) is 13.1. The van der Waals surface area contributed by atoms with Crippen LogP contribution in [-0.2, 0) is 16.8 Å². The van der Waals surface area contributed by atoms with E-state index in [9.17, 15) is 14.7 Å². The van der Waals surface area contributed by atoms with Crippen LogP contribution in [0.15, 0.2) is 35.1 Å². The summed E-state index contributed by atoms with van der Waals surface area (Å²) < 4.78 is 0. The number of aryl methyl sites for hydroxylation is 2. The fraction of sp³-hybridized carbons (Fsp3) is 0.353. The van der Waals surface area contributed by atoms with Crippen LogP contribution in [-0.4, -0.2) is 27.5 Å². The van der Waals surface area contributed by atoms with Crippen molar-refractivity contribution in [3.05, 3.63) is 63.3 Å². The van der Waals surface area contributed by atoms with Gasteiger partial charge in [-0.2, -0.15) is 0 Å². The second-order valence-corrected chi connectivity index (χ2v) is 5.81. The van der Waals surface area contributed by atoms with E-state index < -0.39 is 5.60 Å². The molecule has 122 valence electrons. The molecule has 0 saturated carbocycles. The molecule has 0 aliphatic carbocycles. The van der Waals surface area contributed by atoms with Crippen molar-refractivity contribution in [2.24, 2.45) is 0 Å². The lowest BCUT2D eigenvalue weighted by Gasteiger charge is -2.24. The molecule has 0 fully saturated rings. The Morgan fingerprint density at radius 1 is 1.30 bits per heavy atom. The molecular formula is C17H21N3O3. The van der Waals surface area contributed by atoms with Gasteiger partial charge in [0.15, 0.2) is 0 Å². The second kappa shape index (κ2) is 6.75. The van der Waals surface area contributed by atoms with Gasteiger partial charge in [-0.1, -0.05) is 30.3 Å². The molecule has 0 aliphatic heterocycles. The molecule has 1 heterocycles. The van der Waals surface area contributed by atoms with Crippen molar-refractivity contribution in [1.29, 1.82) is 0 Å². The third-order valence-electron chi connectivity index (χ3n) is 3.70. The molecule has 1 aromatic carbocycles. The molecule has 1 amide bonds. The standard InChI is InChI=1S/C17H21N3O3/c1-11-14(16(22)20-12(2)19-11)9-15(21)18-10-17(3,23)13-7-5-4-6-8-13/h4-8,23H,9-10H2,1-3H3,(H,18,21)(H,19,20,22). The van der Waals surface area contributed by atoms with Crippen molar-refractivity contribution in [2.75, 3.05) is 6.54 Å². The summed E-state index contributed by atoms with van der Waals surface area (Å²) in [6.45, 7) is 5.08. The zero-order valence-corrected chi connectivity index (χ0v) is 13.5. The Balaban J connectivity index is 2.02. The van der Waals surface area contributed by atoms with Crippen LogP contribution in [0, 0.1) is 13.8 Å². The van der Waals surface area contributed by atoms with Gasteiger partial charge >= 0.3 is 0 Å². The monoisotopic (exact) mass is 315 g/mol. The minimum Gasteiger partial charge on any atom is -0.384 e. The first-order valence-corrected chi connectivity index (χ1v) is 7.40. The normalized spacial score (nSPS) is 13.4. The number of nitrogens with one attached hydrogen (secondary N) is 2. The highest BCUT2D eigenvalue weighted by atomic mass is 16.3. The van der Waals surface area contributed by atoms with Gasteiger partial charge in [0, 0.05) is 11.3 Å². The predicted molar refractivity (Wildman–Crippen MR) is 87.1 cm³/mol. The van der Waals surface area contributed by atoms with Crippen LogP contribution in [0.4, 0.5) is 0 Å². The van der Waals surface area contributed by atoms with Gasteiger partial charge in [0.05, 0.1) is 13.0 Å². The number of hydrogen-bond acceptors (Lipinski definition) is 4. The summed E-state index contributed by atoms with van der Waals surface area (Å²) in [7, 11) is 0. The van der Waals surface area contributed by atoms with Crippen LogP contribution in [0.25, 0.3) is 0 Å². The van der Waals surface area contributed by atoms with Crippen molar-refractivity contribution < 1.29 is 9.90 Å². The molecule has 0 radical (unpaired) electrons. The minimum absolute atomic E-state index is 0.0616. The molecule has 0 bridgehead atoms. The Labute approximate surface area is 134 Å². The number of benzene rings is 1. The number of nitrogens with zero attached hydrogens (tertiary/aromatic N) is 1. The summed E-state index contributed by atoms with van der Waals surface area (Å²) in [5.41, 5.74) is 0.110. The third kappa shape index (κ3) is 4.26. The number of hydrogen-bond donors (Lipinski definition) is 3. The number of H-pyrrole nitrogens is 1. The molecule has 1 aromatic heterocycles. The Bertz CT molecular complexity index is 751. The summed E-state index contributed by atoms with van der Waals surface area (Å²) >= 11 is 0. The maximum absolute atomic E-state index is 12.1. The molecule has 2 rings (SSSR count). The van der Waals surface area contributed by atoms with Gasteiger partial charge in [0.2, 0.25) is 5.91 Å². The van der Waals surface area contributed by atoms with Crippen LogP contribution in [0.2, 0.25) is 0 Å². The van der Waals surface area contributed by atoms with Gasteiger partial charge in [-0.05, 0) is 26.3 Å². The zero-order chi connectivity index (χ0) is 17.0. The molecule has 3 N–H and O–H groups in total. The van der Waals surface area contributed by atoms with E-state index in [4.69, 9.17) is 0 Å². The lowest BCUT2D eigenvalue weighted by atomic mass is 9.96. The van der Waals surface area contributed by atoms with Gasteiger partial charge in [-0.15, -0.1) is 0 Å². The smallest absolute Gasteiger partial charge is 0.254 e. The molecule has 0 aliphatic rings. The molecule has 6 heteroatoms. The molecule has 1 unspecified atom stereocenters. The number of aliphatic hydroxyl groups is 1. The Hall–Kier alpha value is -2.47. The number of aromatic nitrogens is 2. The molecule has 0 saturated heterocycles. The lowest BCUT2D eigenvalue weighted by molar-refractivity contribution is -0.121. The highest BCUT2D eigenvalue weighted by Gasteiger charge is 2.23. The van der Waals surface area contributed by atoms with Crippen LogP contribution in [0.5, 0.6) is 0 Å². The van der Waals surface area contributed by atoms with Gasteiger partial charge in [-0.3, -0.25) is 9.59 Å². The number of aromatic amines is 1. The highest BCUT2D eigenvalue weighted by Crippen LogP contribution is 2.18. The first-order chi connectivity index (χ1) is 10.8. The van der Waals surface area contributed by atoms with Crippen LogP contribution < -0.4 is 10.9 Å². The van der Waals surface area contributed by atoms with E-state index in [1.54, 1.807) is 32.9 Å². The van der Waals surface area contributed by atoms with E-state index in [2.05, 4.69) is 15.3 Å². The van der Waals surface area contributed by atoms with Crippen LogP contribution in [0.3, 0.4) is 0 Å². The quantitative estimate of drug-likeness (QED) is 0.765. The van der Waals surface area contributed by atoms with E-state index in [-0.39, 0.29) is 24.4 Å². The SMILES string of the molecule is Cc1nc(C)c(CC(=O)NCC(C)(O)c2ccccc2)c(=O)[nH]1.